The van der Waals surface area contributed by atoms with Crippen LogP contribution in [0, 0.1) is 12.7 Å². The van der Waals surface area contributed by atoms with Crippen molar-refractivity contribution in [3.63, 3.8) is 0 Å². The maximum absolute atomic E-state index is 13.7. The van der Waals surface area contributed by atoms with Crippen LogP contribution in [0.1, 0.15) is 46.7 Å². The van der Waals surface area contributed by atoms with Gasteiger partial charge in [0.05, 0.1) is 18.0 Å². The molecular weight excluding hydrogens is 467 g/mol. The summed E-state index contributed by atoms with van der Waals surface area (Å²) in [6, 6.07) is 9.24. The number of hydrogen-bond donors (Lipinski definition) is 3. The Hall–Kier alpha value is -3.95. The fraction of sp³-hybridized carbons (Fsp3) is 0.385. The highest BCUT2D eigenvalue weighted by Gasteiger charge is 2.33. The lowest BCUT2D eigenvalue weighted by atomic mass is 9.89. The highest BCUT2D eigenvalue weighted by Crippen LogP contribution is 2.34. The minimum atomic E-state index is -0.780. The Balaban J connectivity index is 1.55. The molecule has 0 radical (unpaired) electrons. The number of hydrogen-bond acceptors (Lipinski definition) is 5. The number of rotatable bonds is 1. The van der Waals surface area contributed by atoms with E-state index in [1.807, 2.05) is 13.0 Å². The van der Waals surface area contributed by atoms with Crippen molar-refractivity contribution in [2.24, 2.45) is 0 Å². The molecule has 2 heterocycles. The number of benzene rings is 2. The average Bonchev–Trinajstić information content (AvgIpc) is 2.85. The van der Waals surface area contributed by atoms with E-state index in [9.17, 15) is 23.6 Å². The summed E-state index contributed by atoms with van der Waals surface area (Å²) in [5, 5.41) is 8.24. The van der Waals surface area contributed by atoms with Crippen LogP contribution in [-0.2, 0) is 14.4 Å². The van der Waals surface area contributed by atoms with E-state index in [4.69, 9.17) is 4.74 Å². The molecule has 2 aromatic carbocycles. The molecule has 4 amide bonds. The topological polar surface area (TPSA) is 117 Å². The van der Waals surface area contributed by atoms with E-state index in [-0.39, 0.29) is 74.9 Å². The number of ether oxygens (including phenoxy) is 1. The van der Waals surface area contributed by atoms with Gasteiger partial charge in [0.2, 0.25) is 17.7 Å². The lowest BCUT2D eigenvalue weighted by molar-refractivity contribution is -0.135. The van der Waals surface area contributed by atoms with Gasteiger partial charge in [-0.25, -0.2) is 4.39 Å². The monoisotopic (exact) mass is 496 g/mol. The Morgan fingerprint density at radius 2 is 1.86 bits per heavy atom. The fourth-order valence-corrected chi connectivity index (χ4v) is 4.43. The minimum absolute atomic E-state index is 0.0647. The van der Waals surface area contributed by atoms with Crippen molar-refractivity contribution < 1.29 is 28.3 Å². The highest BCUT2D eigenvalue weighted by molar-refractivity contribution is 6.01. The maximum Gasteiger partial charge on any atom is 0.255 e. The van der Waals surface area contributed by atoms with Crippen molar-refractivity contribution in [1.29, 1.82) is 0 Å². The first-order valence-corrected chi connectivity index (χ1v) is 12.0. The number of fused-ring (bicyclic) bond motifs is 2. The second kappa shape index (κ2) is 11.2. The Bertz CT molecular complexity index is 1180. The van der Waals surface area contributed by atoms with E-state index in [1.165, 1.54) is 18.2 Å². The molecule has 4 rings (SSSR count). The van der Waals surface area contributed by atoms with Crippen LogP contribution in [0.15, 0.2) is 36.4 Å². The molecule has 9 nitrogen and oxygen atoms in total. The van der Waals surface area contributed by atoms with Crippen LogP contribution >= 0.6 is 0 Å². The molecule has 0 aliphatic carbocycles. The number of carbonyl (C=O) groups is 4. The molecule has 0 bridgehead atoms. The normalized spacial score (nSPS) is 19.3. The number of nitrogens with one attached hydrogen (secondary N) is 3. The summed E-state index contributed by atoms with van der Waals surface area (Å²) < 4.78 is 19.4. The van der Waals surface area contributed by atoms with Crippen LogP contribution < -0.4 is 20.7 Å². The second-order valence-electron chi connectivity index (χ2n) is 8.92. The zero-order valence-corrected chi connectivity index (χ0v) is 20.1. The van der Waals surface area contributed by atoms with Crippen LogP contribution in [0.4, 0.5) is 10.1 Å². The number of aryl methyl sites for hydroxylation is 1. The molecule has 2 aliphatic heterocycles. The minimum Gasteiger partial charge on any atom is -0.491 e. The molecule has 2 aliphatic rings. The molecule has 0 saturated heterocycles. The van der Waals surface area contributed by atoms with Crippen molar-refractivity contribution in [3.05, 3.63) is 58.9 Å². The molecule has 0 aromatic heterocycles. The van der Waals surface area contributed by atoms with Crippen LogP contribution in [-0.4, -0.2) is 61.3 Å². The van der Waals surface area contributed by atoms with Gasteiger partial charge in [-0.15, -0.1) is 0 Å². The maximum atomic E-state index is 13.7. The average molecular weight is 497 g/mol. The van der Waals surface area contributed by atoms with Gasteiger partial charge in [-0.2, -0.15) is 0 Å². The van der Waals surface area contributed by atoms with Gasteiger partial charge in [0.1, 0.15) is 18.2 Å². The third kappa shape index (κ3) is 5.99. The third-order valence-corrected chi connectivity index (χ3v) is 6.22. The Morgan fingerprint density at radius 1 is 1.03 bits per heavy atom. The van der Waals surface area contributed by atoms with E-state index < -0.39 is 11.7 Å². The number of carbonyl (C=O) groups excluding carboxylic acids is 4. The molecule has 10 heteroatoms. The zero-order chi connectivity index (χ0) is 25.7. The van der Waals surface area contributed by atoms with Gasteiger partial charge >= 0.3 is 0 Å². The summed E-state index contributed by atoms with van der Waals surface area (Å²) in [5.74, 6) is -2.06. The van der Waals surface area contributed by atoms with E-state index in [2.05, 4.69) is 16.0 Å². The standard InChI is InChI=1S/C26H29FN4O5/c1-16-4-7-22-20(13-16)25(34)29-8-11-31(10-2-3-23(32)28-9-12-36-22)26(35)19-15-24(33)30-21-14-17(27)5-6-18(19)21/h4-7,13-14,19H,2-3,8-12,15H2,1H3,(H,28,32)(H,29,34)(H,30,33). The Morgan fingerprint density at radius 3 is 2.69 bits per heavy atom. The predicted molar refractivity (Wildman–Crippen MR) is 130 cm³/mol. The summed E-state index contributed by atoms with van der Waals surface area (Å²) >= 11 is 0. The Labute approximate surface area is 208 Å². The molecule has 190 valence electrons. The van der Waals surface area contributed by atoms with Crippen LogP contribution in [0.5, 0.6) is 5.75 Å². The van der Waals surface area contributed by atoms with Crippen molar-refractivity contribution in [2.45, 2.75) is 32.1 Å². The molecule has 2 aromatic rings. The molecule has 0 saturated carbocycles. The lowest BCUT2D eigenvalue weighted by Gasteiger charge is -2.31. The van der Waals surface area contributed by atoms with Crippen molar-refractivity contribution >= 4 is 29.3 Å². The molecule has 3 N–H and O–H groups in total. The SMILES string of the molecule is Cc1ccc2c(c1)C(=O)NCCN(C(=O)C1CC(=O)Nc3cc(F)ccc31)CCCC(=O)NCCO2. The third-order valence-electron chi connectivity index (χ3n) is 6.22. The van der Waals surface area contributed by atoms with Crippen molar-refractivity contribution in [1.82, 2.24) is 15.5 Å². The molecule has 36 heavy (non-hydrogen) atoms. The van der Waals surface area contributed by atoms with E-state index in [1.54, 1.807) is 17.0 Å². The molecule has 0 fully saturated rings. The second-order valence-corrected chi connectivity index (χ2v) is 8.92. The van der Waals surface area contributed by atoms with Crippen LogP contribution in [0.3, 0.4) is 0 Å². The van der Waals surface area contributed by atoms with Gasteiger partial charge in [-0.05, 0) is 43.2 Å². The smallest absolute Gasteiger partial charge is 0.255 e. The first kappa shape index (κ1) is 25.2. The summed E-state index contributed by atoms with van der Waals surface area (Å²) in [6.45, 7) is 2.98. The quantitative estimate of drug-likeness (QED) is 0.559. The lowest BCUT2D eigenvalue weighted by Crippen LogP contribution is -2.43. The van der Waals surface area contributed by atoms with Crippen molar-refractivity contribution in [2.75, 3.05) is 38.1 Å². The predicted octanol–water partition coefficient (Wildman–Crippen LogP) is 2.11. The van der Waals surface area contributed by atoms with Gasteiger partial charge in [-0.1, -0.05) is 17.7 Å². The highest BCUT2D eigenvalue weighted by atomic mass is 19.1. The molecular formula is C26H29FN4O5. The molecule has 1 unspecified atom stereocenters. The van der Waals surface area contributed by atoms with Gasteiger partial charge < -0.3 is 25.6 Å². The van der Waals surface area contributed by atoms with Crippen LogP contribution in [0.25, 0.3) is 0 Å². The van der Waals surface area contributed by atoms with Crippen LogP contribution in [0.2, 0.25) is 0 Å². The zero-order valence-electron chi connectivity index (χ0n) is 20.1. The van der Waals surface area contributed by atoms with E-state index in [0.29, 0.717) is 23.3 Å². The van der Waals surface area contributed by atoms with Gasteiger partial charge in [0.15, 0.2) is 0 Å². The van der Waals surface area contributed by atoms with E-state index in [0.717, 1.165) is 5.56 Å². The number of nitrogens with zero attached hydrogens (tertiary/aromatic N) is 1. The summed E-state index contributed by atoms with van der Waals surface area (Å²) in [5.41, 5.74) is 2.08. The Kier molecular flexibility index (Phi) is 7.82. The summed E-state index contributed by atoms with van der Waals surface area (Å²) in [4.78, 5) is 52.5. The van der Waals surface area contributed by atoms with Gasteiger partial charge in [0.25, 0.3) is 5.91 Å². The molecule has 1 atom stereocenters. The van der Waals surface area contributed by atoms with E-state index >= 15 is 0 Å². The van der Waals surface area contributed by atoms with Gasteiger partial charge in [0, 0.05) is 38.2 Å². The van der Waals surface area contributed by atoms with Crippen molar-refractivity contribution in [3.8, 4) is 5.75 Å². The first-order chi connectivity index (χ1) is 17.3. The summed E-state index contributed by atoms with van der Waals surface area (Å²) in [6.07, 6.45) is 0.546. The largest absolute Gasteiger partial charge is 0.491 e. The number of amides is 4. The number of anilines is 1. The number of halogens is 1. The first-order valence-electron chi connectivity index (χ1n) is 12.0. The van der Waals surface area contributed by atoms with Gasteiger partial charge in [-0.3, -0.25) is 19.2 Å². The summed E-state index contributed by atoms with van der Waals surface area (Å²) in [7, 11) is 0. The fourth-order valence-electron chi connectivity index (χ4n) is 4.43. The molecule has 0 spiro atoms.